The van der Waals surface area contributed by atoms with Crippen molar-refractivity contribution in [1.29, 1.82) is 0 Å². The third kappa shape index (κ3) is 2.14. The molecule has 0 aliphatic rings. The SMILES string of the molecule is CCCc1nn(C)c(C(=O)O)c1[NH+]([O-])O. The van der Waals surface area contributed by atoms with E-state index in [0.29, 0.717) is 12.1 Å². The van der Waals surface area contributed by atoms with Crippen molar-refractivity contribution in [3.05, 3.63) is 16.6 Å². The summed E-state index contributed by atoms with van der Waals surface area (Å²) >= 11 is 0. The first-order chi connectivity index (χ1) is 6.99. The van der Waals surface area contributed by atoms with Crippen LogP contribution in [0.15, 0.2) is 0 Å². The highest BCUT2D eigenvalue weighted by molar-refractivity contribution is 5.90. The summed E-state index contributed by atoms with van der Waals surface area (Å²) in [4.78, 5) is 10.8. The monoisotopic (exact) mass is 215 g/mol. The van der Waals surface area contributed by atoms with Crippen molar-refractivity contribution in [3.8, 4) is 0 Å². The van der Waals surface area contributed by atoms with E-state index in [0.717, 1.165) is 11.1 Å². The molecule has 0 saturated carbocycles. The Morgan fingerprint density at radius 1 is 1.67 bits per heavy atom. The smallest absolute Gasteiger partial charge is 0.360 e. The second kappa shape index (κ2) is 4.39. The van der Waals surface area contributed by atoms with E-state index in [1.165, 1.54) is 7.05 Å². The summed E-state index contributed by atoms with van der Waals surface area (Å²) in [6, 6.07) is 0. The summed E-state index contributed by atoms with van der Waals surface area (Å²) in [5, 5.41) is 31.3. The number of carboxylic acids is 1. The highest BCUT2D eigenvalue weighted by Crippen LogP contribution is 2.17. The van der Waals surface area contributed by atoms with Crippen molar-refractivity contribution in [2.75, 3.05) is 0 Å². The van der Waals surface area contributed by atoms with Gasteiger partial charge in [0, 0.05) is 7.05 Å². The van der Waals surface area contributed by atoms with Gasteiger partial charge in [-0.2, -0.15) is 10.3 Å². The van der Waals surface area contributed by atoms with Gasteiger partial charge in [0.15, 0.2) is 0 Å². The molecule has 1 aromatic rings. The first kappa shape index (κ1) is 11.6. The maximum absolute atomic E-state index is 10.9. The molecule has 0 spiro atoms. The van der Waals surface area contributed by atoms with Crippen LogP contribution in [0.25, 0.3) is 0 Å². The Hall–Kier alpha value is -1.44. The largest absolute Gasteiger partial charge is 0.595 e. The molecule has 0 radical (unpaired) electrons. The molecule has 0 saturated heterocycles. The average Bonchev–Trinajstić information content (AvgIpc) is 2.42. The van der Waals surface area contributed by atoms with Gasteiger partial charge < -0.3 is 10.3 Å². The van der Waals surface area contributed by atoms with Gasteiger partial charge in [-0.1, -0.05) is 13.3 Å². The van der Waals surface area contributed by atoms with Crippen molar-refractivity contribution in [1.82, 2.24) is 9.78 Å². The molecule has 0 amide bonds. The number of hydrogen-bond acceptors (Lipinski definition) is 4. The minimum atomic E-state index is -1.27. The van der Waals surface area contributed by atoms with Crippen LogP contribution in [0.5, 0.6) is 0 Å². The van der Waals surface area contributed by atoms with Gasteiger partial charge in [0.1, 0.15) is 5.69 Å². The lowest BCUT2D eigenvalue weighted by Crippen LogP contribution is -2.99. The molecule has 1 unspecified atom stereocenters. The van der Waals surface area contributed by atoms with E-state index < -0.39 is 11.2 Å². The van der Waals surface area contributed by atoms with Crippen molar-refractivity contribution in [2.24, 2.45) is 7.05 Å². The van der Waals surface area contributed by atoms with Crippen molar-refractivity contribution >= 4 is 11.7 Å². The molecule has 1 rings (SSSR count). The van der Waals surface area contributed by atoms with Gasteiger partial charge in [0.05, 0.1) is 0 Å². The fraction of sp³-hybridized carbons (Fsp3) is 0.500. The Bertz CT molecular complexity index is 372. The van der Waals surface area contributed by atoms with Crippen LogP contribution in [-0.2, 0) is 13.5 Å². The number of carbonyl (C=O) groups is 1. The van der Waals surface area contributed by atoms with Gasteiger partial charge in [0.25, 0.3) is 0 Å². The number of aromatic nitrogens is 2. The van der Waals surface area contributed by atoms with E-state index in [1.807, 2.05) is 6.92 Å². The number of carboxylic acid groups (broad SMARTS) is 1. The van der Waals surface area contributed by atoms with Gasteiger partial charge in [0.2, 0.25) is 11.4 Å². The zero-order valence-electron chi connectivity index (χ0n) is 8.52. The molecule has 0 fully saturated rings. The number of hydrogen-bond donors (Lipinski definition) is 3. The van der Waals surface area contributed by atoms with Gasteiger partial charge in [-0.05, 0) is 6.42 Å². The highest BCUT2D eigenvalue weighted by Gasteiger charge is 2.26. The van der Waals surface area contributed by atoms with Crippen LogP contribution in [0.3, 0.4) is 0 Å². The van der Waals surface area contributed by atoms with E-state index >= 15 is 0 Å². The molecular formula is C8H13N3O4. The van der Waals surface area contributed by atoms with Crippen LogP contribution >= 0.6 is 0 Å². The first-order valence-electron chi connectivity index (χ1n) is 4.51. The molecule has 15 heavy (non-hydrogen) atoms. The lowest BCUT2D eigenvalue weighted by Gasteiger charge is -2.11. The van der Waals surface area contributed by atoms with Crippen molar-refractivity contribution in [3.63, 3.8) is 0 Å². The van der Waals surface area contributed by atoms with Crippen molar-refractivity contribution < 1.29 is 20.3 Å². The Balaban J connectivity index is 3.30. The highest BCUT2D eigenvalue weighted by atomic mass is 16.8. The Morgan fingerprint density at radius 2 is 2.27 bits per heavy atom. The number of quaternary nitrogens is 1. The van der Waals surface area contributed by atoms with E-state index in [1.54, 1.807) is 0 Å². The Morgan fingerprint density at radius 3 is 2.67 bits per heavy atom. The fourth-order valence-electron chi connectivity index (χ4n) is 1.46. The average molecular weight is 215 g/mol. The molecule has 7 nitrogen and oxygen atoms in total. The maximum atomic E-state index is 10.9. The summed E-state index contributed by atoms with van der Waals surface area (Å²) < 4.78 is 1.09. The molecule has 1 aromatic heterocycles. The van der Waals surface area contributed by atoms with Gasteiger partial charge in [-0.15, -0.1) is 0 Å². The zero-order chi connectivity index (χ0) is 11.6. The van der Waals surface area contributed by atoms with Crippen LogP contribution in [0.2, 0.25) is 0 Å². The van der Waals surface area contributed by atoms with E-state index in [9.17, 15) is 10.0 Å². The van der Waals surface area contributed by atoms with Crippen LogP contribution in [0.1, 0.15) is 29.5 Å². The molecule has 1 atom stereocenters. The lowest BCUT2D eigenvalue weighted by atomic mass is 10.2. The lowest BCUT2D eigenvalue weighted by molar-refractivity contribution is -0.991. The maximum Gasteiger partial charge on any atom is 0.360 e. The number of nitrogens with one attached hydrogen (secondary N) is 1. The quantitative estimate of drug-likeness (QED) is 0.586. The third-order valence-corrected chi connectivity index (χ3v) is 2.02. The Kier molecular flexibility index (Phi) is 3.40. The number of aryl methyl sites for hydroxylation is 2. The van der Waals surface area contributed by atoms with E-state index in [2.05, 4.69) is 5.10 Å². The zero-order valence-corrected chi connectivity index (χ0v) is 8.52. The topological polar surface area (TPSA) is 103 Å². The molecule has 0 aliphatic heterocycles. The minimum absolute atomic E-state index is 0.202. The molecule has 3 N–H and O–H groups in total. The second-order valence-corrected chi connectivity index (χ2v) is 3.15. The minimum Gasteiger partial charge on any atom is -0.595 e. The summed E-state index contributed by atoms with van der Waals surface area (Å²) in [5.41, 5.74) is -0.150. The molecular weight excluding hydrogens is 202 g/mol. The molecule has 0 aliphatic carbocycles. The van der Waals surface area contributed by atoms with Crippen molar-refractivity contribution in [2.45, 2.75) is 19.8 Å². The fourth-order valence-corrected chi connectivity index (χ4v) is 1.46. The standard InChI is InChI=1S/C8H13N3O4/c1-3-4-5-6(11(14)15)7(8(12)13)10(2)9-5/h11,14H,3-4H2,1-2H3,(H,12,13). The summed E-state index contributed by atoms with van der Waals surface area (Å²) in [6.07, 6.45) is 1.18. The second-order valence-electron chi connectivity index (χ2n) is 3.15. The van der Waals surface area contributed by atoms with Gasteiger partial charge in [-0.3, -0.25) is 4.68 Å². The van der Waals surface area contributed by atoms with Gasteiger partial charge >= 0.3 is 5.97 Å². The molecule has 0 aromatic carbocycles. The normalized spacial score (nSPS) is 12.8. The summed E-state index contributed by atoms with van der Waals surface area (Å²) in [5.74, 6) is -1.27. The Labute approximate surface area is 86.1 Å². The summed E-state index contributed by atoms with van der Waals surface area (Å²) in [7, 11) is 1.43. The predicted molar refractivity (Wildman–Crippen MR) is 49.9 cm³/mol. The molecule has 1 heterocycles. The van der Waals surface area contributed by atoms with Crippen LogP contribution in [-0.4, -0.2) is 26.1 Å². The van der Waals surface area contributed by atoms with Crippen LogP contribution < -0.4 is 5.23 Å². The number of rotatable bonds is 4. The number of nitrogens with zero attached hydrogens (tertiary/aromatic N) is 2. The predicted octanol–water partition coefficient (Wildman–Crippen LogP) is -0.526. The van der Waals surface area contributed by atoms with Crippen LogP contribution in [0, 0.1) is 5.21 Å². The molecule has 0 bridgehead atoms. The van der Waals surface area contributed by atoms with E-state index in [-0.39, 0.29) is 11.4 Å². The summed E-state index contributed by atoms with van der Waals surface area (Å²) in [6.45, 7) is 1.88. The van der Waals surface area contributed by atoms with Crippen LogP contribution in [0.4, 0.5) is 5.69 Å². The molecule has 84 valence electrons. The van der Waals surface area contributed by atoms with E-state index in [4.69, 9.17) is 10.3 Å². The third-order valence-electron chi connectivity index (χ3n) is 2.02. The molecule has 7 heteroatoms. The number of aromatic carboxylic acids is 1. The first-order valence-corrected chi connectivity index (χ1v) is 4.51. The van der Waals surface area contributed by atoms with Gasteiger partial charge in [-0.25, -0.2) is 10.0 Å².